The molecule has 0 aromatic carbocycles. The zero-order chi connectivity index (χ0) is 13.2. The van der Waals surface area contributed by atoms with Crippen LogP contribution in [0.25, 0.3) is 0 Å². The molecule has 1 atom stereocenters. The van der Waals surface area contributed by atoms with Gasteiger partial charge in [-0.25, -0.2) is 0 Å². The fourth-order valence-electron chi connectivity index (χ4n) is 2.45. The predicted molar refractivity (Wildman–Crippen MR) is 72.1 cm³/mol. The summed E-state index contributed by atoms with van der Waals surface area (Å²) in [5.41, 5.74) is 1.76. The molecule has 98 valence electrons. The van der Waals surface area contributed by atoms with Crippen LogP contribution < -0.4 is 0 Å². The number of rotatable bonds is 3. The summed E-state index contributed by atoms with van der Waals surface area (Å²) in [5.74, 6) is 0. The lowest BCUT2D eigenvalue weighted by atomic mass is 9.80. The molecule has 0 saturated carbocycles. The van der Waals surface area contributed by atoms with Crippen LogP contribution in [-0.4, -0.2) is 23.0 Å². The molecule has 1 unspecified atom stereocenters. The van der Waals surface area contributed by atoms with E-state index < -0.39 is 0 Å². The van der Waals surface area contributed by atoms with Gasteiger partial charge in [0.15, 0.2) is 0 Å². The largest absolute Gasteiger partial charge is 0.380 e. The normalized spacial score (nSPS) is 23.9. The van der Waals surface area contributed by atoms with Crippen LogP contribution >= 0.6 is 15.9 Å². The molecule has 1 aromatic heterocycles. The number of nitriles is 1. The third kappa shape index (κ3) is 2.45. The van der Waals surface area contributed by atoms with E-state index in [4.69, 9.17) is 4.74 Å². The predicted octanol–water partition coefficient (Wildman–Crippen LogP) is 2.61. The van der Waals surface area contributed by atoms with E-state index in [2.05, 4.69) is 34.0 Å². The van der Waals surface area contributed by atoms with E-state index in [0.29, 0.717) is 13.0 Å². The number of nitrogens with zero attached hydrogens (tertiary/aromatic N) is 3. The summed E-state index contributed by atoms with van der Waals surface area (Å²) < 4.78 is 8.43. The lowest BCUT2D eigenvalue weighted by molar-refractivity contribution is 0.0215. The molecular formula is C13H18BrN3O. The summed E-state index contributed by atoms with van der Waals surface area (Å²) in [7, 11) is 1.94. The van der Waals surface area contributed by atoms with Gasteiger partial charge in [0, 0.05) is 20.1 Å². The molecule has 1 saturated heterocycles. The molecule has 1 fully saturated rings. The van der Waals surface area contributed by atoms with E-state index in [1.807, 2.05) is 11.7 Å². The Morgan fingerprint density at radius 2 is 2.39 bits per heavy atom. The fraction of sp³-hybridized carbons (Fsp3) is 0.692. The lowest BCUT2D eigenvalue weighted by Crippen LogP contribution is -2.33. The van der Waals surface area contributed by atoms with Crippen LogP contribution in [0.15, 0.2) is 4.47 Å². The minimum atomic E-state index is -0.389. The third-order valence-corrected chi connectivity index (χ3v) is 4.48. The fourth-order valence-corrected chi connectivity index (χ4v) is 3.21. The summed E-state index contributed by atoms with van der Waals surface area (Å²) in [6.45, 7) is 3.39. The van der Waals surface area contributed by atoms with Gasteiger partial charge in [0.2, 0.25) is 0 Å². The highest BCUT2D eigenvalue weighted by molar-refractivity contribution is 9.10. The van der Waals surface area contributed by atoms with Crippen molar-refractivity contribution in [2.24, 2.45) is 12.5 Å². The van der Waals surface area contributed by atoms with Crippen LogP contribution in [0.5, 0.6) is 0 Å². The van der Waals surface area contributed by atoms with E-state index in [1.165, 1.54) is 0 Å². The van der Waals surface area contributed by atoms with Gasteiger partial charge in [0.25, 0.3) is 0 Å². The van der Waals surface area contributed by atoms with Crippen LogP contribution in [0.4, 0.5) is 0 Å². The smallest absolute Gasteiger partial charge is 0.0863 e. The zero-order valence-corrected chi connectivity index (χ0v) is 12.5. The topological polar surface area (TPSA) is 50.8 Å². The lowest BCUT2D eigenvalue weighted by Gasteiger charge is -2.30. The van der Waals surface area contributed by atoms with Crippen LogP contribution in [-0.2, 0) is 24.6 Å². The molecule has 18 heavy (non-hydrogen) atoms. The van der Waals surface area contributed by atoms with Gasteiger partial charge in [-0.3, -0.25) is 4.68 Å². The molecule has 0 spiro atoms. The number of hydrogen-bond donors (Lipinski definition) is 0. The first-order valence-corrected chi connectivity index (χ1v) is 7.10. The summed E-state index contributed by atoms with van der Waals surface area (Å²) >= 11 is 3.61. The van der Waals surface area contributed by atoms with Crippen LogP contribution in [0.2, 0.25) is 0 Å². The van der Waals surface area contributed by atoms with Gasteiger partial charge in [-0.15, -0.1) is 0 Å². The summed E-state index contributed by atoms with van der Waals surface area (Å²) in [5, 5.41) is 14.0. The maximum Gasteiger partial charge on any atom is 0.0863 e. The Morgan fingerprint density at radius 3 is 2.89 bits per heavy atom. The van der Waals surface area contributed by atoms with Crippen molar-refractivity contribution < 1.29 is 4.74 Å². The van der Waals surface area contributed by atoms with Crippen molar-refractivity contribution in [3.05, 3.63) is 15.9 Å². The molecule has 0 radical (unpaired) electrons. The monoisotopic (exact) mass is 311 g/mol. The molecule has 1 aromatic rings. The Labute approximate surface area is 116 Å². The zero-order valence-electron chi connectivity index (χ0n) is 10.9. The standard InChI is InChI=1S/C13H18BrN3O/c1-3-10-12(14)11(17(2)16-10)7-13(8-15)5-4-6-18-9-13/h3-7,9H2,1-2H3. The Bertz CT molecular complexity index is 469. The highest BCUT2D eigenvalue weighted by Crippen LogP contribution is 2.34. The van der Waals surface area contributed by atoms with Crippen LogP contribution in [0.1, 0.15) is 31.2 Å². The van der Waals surface area contributed by atoms with Crippen molar-refractivity contribution in [3.63, 3.8) is 0 Å². The van der Waals surface area contributed by atoms with Gasteiger partial charge in [0.1, 0.15) is 0 Å². The van der Waals surface area contributed by atoms with Gasteiger partial charge < -0.3 is 4.74 Å². The highest BCUT2D eigenvalue weighted by Gasteiger charge is 2.35. The molecule has 1 aliphatic rings. The number of aromatic nitrogens is 2. The summed E-state index contributed by atoms with van der Waals surface area (Å²) in [6, 6.07) is 2.46. The van der Waals surface area contributed by atoms with E-state index in [0.717, 1.165) is 41.7 Å². The van der Waals surface area contributed by atoms with Crippen molar-refractivity contribution in [1.82, 2.24) is 9.78 Å². The minimum absolute atomic E-state index is 0.389. The molecule has 2 rings (SSSR count). The number of halogens is 1. The summed E-state index contributed by atoms with van der Waals surface area (Å²) in [4.78, 5) is 0. The molecule has 0 aliphatic carbocycles. The first-order valence-electron chi connectivity index (χ1n) is 6.31. The van der Waals surface area contributed by atoms with Gasteiger partial charge in [-0.1, -0.05) is 6.92 Å². The molecule has 1 aliphatic heterocycles. The van der Waals surface area contributed by atoms with Gasteiger partial charge in [-0.05, 0) is 35.2 Å². The number of aryl methyl sites for hydroxylation is 2. The van der Waals surface area contributed by atoms with Crippen molar-refractivity contribution in [1.29, 1.82) is 5.26 Å². The number of ether oxygens (including phenoxy) is 1. The summed E-state index contributed by atoms with van der Waals surface area (Å²) in [6.07, 6.45) is 3.46. The maximum atomic E-state index is 9.47. The molecule has 4 nitrogen and oxygen atoms in total. The van der Waals surface area contributed by atoms with Crippen molar-refractivity contribution in [3.8, 4) is 6.07 Å². The molecule has 0 N–H and O–H groups in total. The van der Waals surface area contributed by atoms with Crippen molar-refractivity contribution >= 4 is 15.9 Å². The molecular weight excluding hydrogens is 294 g/mol. The van der Waals surface area contributed by atoms with E-state index >= 15 is 0 Å². The highest BCUT2D eigenvalue weighted by atomic mass is 79.9. The average Bonchev–Trinajstić information content (AvgIpc) is 2.67. The molecule has 0 amide bonds. The quantitative estimate of drug-likeness (QED) is 0.862. The van der Waals surface area contributed by atoms with Crippen LogP contribution in [0.3, 0.4) is 0 Å². The molecule has 2 heterocycles. The first kappa shape index (κ1) is 13.6. The van der Waals surface area contributed by atoms with Gasteiger partial charge in [-0.2, -0.15) is 10.4 Å². The second-order valence-electron chi connectivity index (χ2n) is 4.91. The maximum absolute atomic E-state index is 9.47. The average molecular weight is 312 g/mol. The Morgan fingerprint density at radius 1 is 1.61 bits per heavy atom. The van der Waals surface area contributed by atoms with E-state index in [9.17, 15) is 5.26 Å². The minimum Gasteiger partial charge on any atom is -0.380 e. The van der Waals surface area contributed by atoms with Crippen molar-refractivity contribution in [2.75, 3.05) is 13.2 Å². The Kier molecular flexibility index (Phi) is 4.08. The van der Waals surface area contributed by atoms with E-state index in [1.54, 1.807) is 0 Å². The second-order valence-corrected chi connectivity index (χ2v) is 5.70. The van der Waals surface area contributed by atoms with E-state index in [-0.39, 0.29) is 5.41 Å². The van der Waals surface area contributed by atoms with Crippen LogP contribution in [0, 0.1) is 16.7 Å². The first-order chi connectivity index (χ1) is 8.62. The number of hydrogen-bond acceptors (Lipinski definition) is 3. The second kappa shape index (κ2) is 5.41. The Hall–Kier alpha value is -0.860. The Balaban J connectivity index is 2.27. The third-order valence-electron chi connectivity index (χ3n) is 3.57. The SMILES string of the molecule is CCc1nn(C)c(CC2(C#N)CCCOC2)c1Br. The molecule has 5 heteroatoms. The van der Waals surface area contributed by atoms with Crippen molar-refractivity contribution in [2.45, 2.75) is 32.6 Å². The van der Waals surface area contributed by atoms with Gasteiger partial charge >= 0.3 is 0 Å². The molecule has 0 bridgehead atoms. The van der Waals surface area contributed by atoms with Gasteiger partial charge in [0.05, 0.1) is 34.0 Å².